The fourth-order valence-corrected chi connectivity index (χ4v) is 1.38. The van der Waals surface area contributed by atoms with Crippen molar-refractivity contribution in [3.8, 4) is 11.5 Å². The first-order valence-electron chi connectivity index (χ1n) is 5.35. The Kier molecular flexibility index (Phi) is 5.83. The van der Waals surface area contributed by atoms with Gasteiger partial charge in [0.05, 0.1) is 14.2 Å². The van der Waals surface area contributed by atoms with Gasteiger partial charge in [0.25, 0.3) is 0 Å². The molecule has 17 heavy (non-hydrogen) atoms. The van der Waals surface area contributed by atoms with Crippen molar-refractivity contribution in [2.75, 3.05) is 27.4 Å². The molecule has 1 rings (SSSR count). The fourth-order valence-electron chi connectivity index (χ4n) is 1.38. The van der Waals surface area contributed by atoms with E-state index in [2.05, 4.69) is 0 Å². The molecule has 0 spiro atoms. The quantitative estimate of drug-likeness (QED) is 0.510. The van der Waals surface area contributed by atoms with Gasteiger partial charge in [-0.1, -0.05) is 0 Å². The lowest BCUT2D eigenvalue weighted by molar-refractivity contribution is 0.215. The second-order valence-corrected chi connectivity index (χ2v) is 3.41. The topological polar surface area (TPSA) is 68.2 Å². The largest absolute Gasteiger partial charge is 0.497 e. The average Bonchev–Trinajstić information content (AvgIpc) is 2.38. The van der Waals surface area contributed by atoms with Crippen molar-refractivity contribution in [3.63, 3.8) is 0 Å². The number of hydrogen-bond donors (Lipinski definition) is 2. The van der Waals surface area contributed by atoms with Crippen LogP contribution in [-0.2, 0) is 4.65 Å². The van der Waals surface area contributed by atoms with Crippen LogP contribution in [0.15, 0.2) is 18.2 Å². The normalized spacial score (nSPS) is 10.1. The summed E-state index contributed by atoms with van der Waals surface area (Å²) in [6, 6.07) is 5.10. The van der Waals surface area contributed by atoms with Crippen LogP contribution in [0.5, 0.6) is 11.5 Å². The first-order valence-corrected chi connectivity index (χ1v) is 5.35. The highest BCUT2D eigenvalue weighted by Crippen LogP contribution is 2.15. The Hall–Kier alpha value is -1.24. The van der Waals surface area contributed by atoms with Crippen LogP contribution >= 0.6 is 0 Å². The molecule has 0 atom stereocenters. The summed E-state index contributed by atoms with van der Waals surface area (Å²) >= 11 is 0. The summed E-state index contributed by atoms with van der Waals surface area (Å²) in [6.45, 7) is 0.306. The molecule has 0 fully saturated rings. The van der Waals surface area contributed by atoms with Gasteiger partial charge in [0, 0.05) is 18.7 Å². The van der Waals surface area contributed by atoms with E-state index in [-0.39, 0.29) is 13.2 Å². The second kappa shape index (κ2) is 7.16. The number of benzene rings is 1. The predicted molar refractivity (Wildman–Crippen MR) is 64.8 cm³/mol. The van der Waals surface area contributed by atoms with Crippen molar-refractivity contribution < 1.29 is 24.3 Å². The zero-order valence-electron chi connectivity index (χ0n) is 10.0. The number of hydrogen-bond acceptors (Lipinski definition) is 5. The number of ether oxygens (including phenoxy) is 2. The van der Waals surface area contributed by atoms with Gasteiger partial charge in [-0.3, -0.25) is 0 Å². The maximum absolute atomic E-state index is 9.84. The minimum absolute atomic E-state index is 0.0297. The van der Waals surface area contributed by atoms with Crippen LogP contribution in [-0.4, -0.2) is 44.7 Å². The fraction of sp³-hybridized carbons (Fsp3) is 0.455. The Bertz CT molecular complexity index is 345. The molecule has 1 aromatic carbocycles. The highest BCUT2D eigenvalue weighted by atomic mass is 16.5. The Labute approximate surface area is 101 Å². The van der Waals surface area contributed by atoms with Crippen LogP contribution in [0.25, 0.3) is 0 Å². The lowest BCUT2D eigenvalue weighted by Gasteiger charge is -2.13. The molecule has 0 radical (unpaired) electrons. The zero-order valence-corrected chi connectivity index (χ0v) is 10.0. The third-order valence-electron chi connectivity index (χ3n) is 2.28. The molecule has 0 saturated carbocycles. The van der Waals surface area contributed by atoms with Crippen molar-refractivity contribution in [3.05, 3.63) is 18.2 Å². The summed E-state index contributed by atoms with van der Waals surface area (Å²) in [4.78, 5) is 0. The van der Waals surface area contributed by atoms with E-state index in [4.69, 9.17) is 19.2 Å². The first kappa shape index (κ1) is 13.8. The highest BCUT2D eigenvalue weighted by Gasteiger charge is 2.21. The Balaban J connectivity index is 2.78. The van der Waals surface area contributed by atoms with E-state index in [9.17, 15) is 5.02 Å². The van der Waals surface area contributed by atoms with Crippen LogP contribution in [0.2, 0.25) is 0 Å². The van der Waals surface area contributed by atoms with Gasteiger partial charge in [-0.2, -0.15) is 0 Å². The summed E-state index contributed by atoms with van der Waals surface area (Å²) in [7, 11) is 1.97. The molecule has 94 valence electrons. The van der Waals surface area contributed by atoms with Crippen LogP contribution in [0.4, 0.5) is 0 Å². The predicted octanol–water partition coefficient (Wildman–Crippen LogP) is -0.210. The van der Waals surface area contributed by atoms with Gasteiger partial charge in [0.1, 0.15) is 11.5 Å². The molecule has 6 heteroatoms. The van der Waals surface area contributed by atoms with E-state index in [0.29, 0.717) is 23.4 Å². The average molecular weight is 240 g/mol. The lowest BCUT2D eigenvalue weighted by Crippen LogP contribution is -2.35. The maximum atomic E-state index is 9.84. The van der Waals surface area contributed by atoms with Crippen molar-refractivity contribution in [2.45, 2.75) is 6.42 Å². The van der Waals surface area contributed by atoms with Crippen molar-refractivity contribution in [1.29, 1.82) is 0 Å². The Morgan fingerprint density at radius 2 is 2.00 bits per heavy atom. The van der Waals surface area contributed by atoms with Gasteiger partial charge < -0.3 is 24.3 Å². The molecule has 1 aromatic rings. The minimum atomic E-state index is -1.09. The number of methoxy groups -OCH3 is 2. The Morgan fingerprint density at radius 1 is 1.24 bits per heavy atom. The van der Waals surface area contributed by atoms with Crippen molar-refractivity contribution in [2.24, 2.45) is 0 Å². The zero-order chi connectivity index (χ0) is 12.7. The van der Waals surface area contributed by atoms with E-state index in [1.54, 1.807) is 25.3 Å². The molecular weight excluding hydrogens is 223 g/mol. The molecule has 2 N–H and O–H groups in total. The summed E-state index contributed by atoms with van der Waals surface area (Å²) in [5.74, 6) is 1.15. The van der Waals surface area contributed by atoms with E-state index in [1.165, 1.54) is 7.11 Å². The third kappa shape index (κ3) is 3.92. The van der Waals surface area contributed by atoms with Crippen molar-refractivity contribution in [1.82, 2.24) is 0 Å². The molecule has 5 nitrogen and oxygen atoms in total. The van der Waals surface area contributed by atoms with E-state index < -0.39 is 7.12 Å². The van der Waals surface area contributed by atoms with Crippen molar-refractivity contribution >= 4 is 12.6 Å². The first-order chi connectivity index (χ1) is 8.22. The number of rotatable bonds is 7. The lowest BCUT2D eigenvalue weighted by atomic mass is 9.78. The standard InChI is InChI=1S/C11H17BO5/c1-15-9-4-5-11(16-2)10(8-9)12(14)17-7-3-6-13/h4-5,8,13-14H,3,6-7H2,1-2H3. The summed E-state index contributed by atoms with van der Waals surface area (Å²) in [5, 5.41) is 18.5. The van der Waals surface area contributed by atoms with Crippen LogP contribution in [0.1, 0.15) is 6.42 Å². The molecule has 0 amide bonds. The van der Waals surface area contributed by atoms with Gasteiger partial charge in [-0.25, -0.2) is 0 Å². The second-order valence-electron chi connectivity index (χ2n) is 3.41. The van der Waals surface area contributed by atoms with Gasteiger partial charge in [0.2, 0.25) is 0 Å². The van der Waals surface area contributed by atoms with Crippen LogP contribution in [0, 0.1) is 0 Å². The molecule has 0 aromatic heterocycles. The summed E-state index contributed by atoms with van der Waals surface area (Å²) in [6.07, 6.45) is 0.476. The molecule has 0 aliphatic heterocycles. The SMILES string of the molecule is COc1ccc(OC)c(B(O)OCCCO)c1. The van der Waals surface area contributed by atoms with Crippen LogP contribution in [0.3, 0.4) is 0 Å². The molecule has 0 aliphatic carbocycles. The molecule has 0 aliphatic rings. The number of aliphatic hydroxyl groups is 1. The molecule has 0 saturated heterocycles. The van der Waals surface area contributed by atoms with E-state index >= 15 is 0 Å². The summed E-state index contributed by atoms with van der Waals surface area (Å²) in [5.41, 5.74) is 0.504. The van der Waals surface area contributed by atoms with E-state index in [1.807, 2.05) is 0 Å². The smallest absolute Gasteiger partial charge is 0.495 e. The monoisotopic (exact) mass is 240 g/mol. The maximum Gasteiger partial charge on any atom is 0.495 e. The highest BCUT2D eigenvalue weighted by molar-refractivity contribution is 6.61. The molecule has 0 heterocycles. The molecule has 0 unspecified atom stereocenters. The van der Waals surface area contributed by atoms with Gasteiger partial charge >= 0.3 is 7.12 Å². The molecular formula is C11H17BO5. The van der Waals surface area contributed by atoms with Crippen LogP contribution < -0.4 is 14.9 Å². The van der Waals surface area contributed by atoms with Gasteiger partial charge in [-0.05, 0) is 24.6 Å². The van der Waals surface area contributed by atoms with Gasteiger partial charge in [0.15, 0.2) is 0 Å². The third-order valence-corrected chi connectivity index (χ3v) is 2.28. The minimum Gasteiger partial charge on any atom is -0.497 e. The summed E-state index contributed by atoms with van der Waals surface area (Å²) < 4.78 is 15.4. The van der Waals surface area contributed by atoms with E-state index in [0.717, 1.165) is 0 Å². The molecule has 0 bridgehead atoms. The number of aliphatic hydroxyl groups excluding tert-OH is 1. The van der Waals surface area contributed by atoms with Gasteiger partial charge in [-0.15, -0.1) is 0 Å². The Morgan fingerprint density at radius 3 is 2.59 bits per heavy atom.